The summed E-state index contributed by atoms with van der Waals surface area (Å²) in [6.45, 7) is 6.75. The molecule has 0 radical (unpaired) electrons. The first-order valence-electron chi connectivity index (χ1n) is 8.16. The van der Waals surface area contributed by atoms with Gasteiger partial charge in [-0.2, -0.15) is 0 Å². The van der Waals surface area contributed by atoms with Crippen molar-refractivity contribution in [3.63, 3.8) is 0 Å². The van der Waals surface area contributed by atoms with E-state index < -0.39 is 0 Å². The SMILES string of the molecule is C=C1C[C@H]2[C@@H]3C=CC4=CC(=O)CC[C@@H]4[C@H]3CC[C@]2(C)C1. The van der Waals surface area contributed by atoms with Crippen molar-refractivity contribution in [2.24, 2.45) is 29.1 Å². The lowest BCUT2D eigenvalue weighted by molar-refractivity contribution is -0.115. The third-order valence-corrected chi connectivity index (χ3v) is 6.55. The summed E-state index contributed by atoms with van der Waals surface area (Å²) in [7, 11) is 0. The maximum Gasteiger partial charge on any atom is 0.155 e. The van der Waals surface area contributed by atoms with E-state index in [1.165, 1.54) is 36.8 Å². The van der Waals surface area contributed by atoms with E-state index >= 15 is 0 Å². The highest BCUT2D eigenvalue weighted by atomic mass is 16.1. The topological polar surface area (TPSA) is 17.1 Å². The van der Waals surface area contributed by atoms with E-state index in [2.05, 4.69) is 25.7 Å². The van der Waals surface area contributed by atoms with Crippen LogP contribution in [0.5, 0.6) is 0 Å². The van der Waals surface area contributed by atoms with Crippen LogP contribution in [0.15, 0.2) is 36.0 Å². The molecule has 0 unspecified atom stereocenters. The Bertz CT molecular complexity index is 538. The normalized spacial score (nSPS) is 46.5. The minimum atomic E-state index is 0.328. The highest BCUT2D eigenvalue weighted by molar-refractivity contribution is 5.91. The molecule has 106 valence electrons. The predicted octanol–water partition coefficient (Wildman–Crippen LogP) is 4.46. The Morgan fingerprint density at radius 1 is 1.35 bits per heavy atom. The van der Waals surface area contributed by atoms with E-state index in [1.54, 1.807) is 0 Å². The summed E-state index contributed by atoms with van der Waals surface area (Å²) in [4.78, 5) is 11.6. The molecule has 20 heavy (non-hydrogen) atoms. The molecule has 0 spiro atoms. The van der Waals surface area contributed by atoms with E-state index in [1.807, 2.05) is 6.08 Å². The number of ketones is 1. The maximum absolute atomic E-state index is 11.6. The third-order valence-electron chi connectivity index (χ3n) is 6.55. The number of allylic oxidation sites excluding steroid dienone is 5. The van der Waals surface area contributed by atoms with Gasteiger partial charge in [0.25, 0.3) is 0 Å². The highest BCUT2D eigenvalue weighted by Gasteiger charge is 2.52. The molecular formula is C19H24O. The van der Waals surface area contributed by atoms with Gasteiger partial charge in [0.15, 0.2) is 5.78 Å². The molecule has 5 atom stereocenters. The van der Waals surface area contributed by atoms with Crippen LogP contribution in [0.4, 0.5) is 0 Å². The zero-order chi connectivity index (χ0) is 13.9. The molecule has 0 aromatic heterocycles. The minimum Gasteiger partial charge on any atom is -0.295 e. The van der Waals surface area contributed by atoms with Gasteiger partial charge in [0, 0.05) is 6.42 Å². The van der Waals surface area contributed by atoms with Crippen molar-refractivity contribution in [2.75, 3.05) is 0 Å². The maximum atomic E-state index is 11.6. The summed E-state index contributed by atoms with van der Waals surface area (Å²) >= 11 is 0. The van der Waals surface area contributed by atoms with E-state index in [4.69, 9.17) is 0 Å². The molecule has 4 rings (SSSR count). The molecule has 4 aliphatic carbocycles. The Morgan fingerprint density at radius 2 is 2.20 bits per heavy atom. The largest absolute Gasteiger partial charge is 0.295 e. The van der Waals surface area contributed by atoms with Gasteiger partial charge in [-0.05, 0) is 72.8 Å². The zero-order valence-electron chi connectivity index (χ0n) is 12.4. The van der Waals surface area contributed by atoms with Gasteiger partial charge in [-0.25, -0.2) is 0 Å². The summed E-state index contributed by atoms with van der Waals surface area (Å²) in [6.07, 6.45) is 13.6. The van der Waals surface area contributed by atoms with Crippen LogP contribution in [-0.2, 0) is 4.79 Å². The van der Waals surface area contributed by atoms with Crippen molar-refractivity contribution in [1.82, 2.24) is 0 Å². The molecule has 0 bridgehead atoms. The average molecular weight is 268 g/mol. The van der Waals surface area contributed by atoms with Crippen LogP contribution in [0, 0.1) is 29.1 Å². The molecule has 1 heteroatoms. The fraction of sp³-hybridized carbons (Fsp3) is 0.632. The van der Waals surface area contributed by atoms with Crippen molar-refractivity contribution in [1.29, 1.82) is 0 Å². The van der Waals surface area contributed by atoms with Gasteiger partial charge in [-0.15, -0.1) is 0 Å². The first kappa shape index (κ1) is 12.6. The molecule has 0 aliphatic heterocycles. The molecule has 2 fully saturated rings. The third kappa shape index (κ3) is 1.71. The quantitative estimate of drug-likeness (QED) is 0.593. The average Bonchev–Trinajstić information content (AvgIpc) is 2.72. The molecule has 0 aromatic carbocycles. The zero-order valence-corrected chi connectivity index (χ0v) is 12.4. The first-order chi connectivity index (χ1) is 9.57. The smallest absolute Gasteiger partial charge is 0.155 e. The molecule has 0 aromatic rings. The summed E-state index contributed by atoms with van der Waals surface area (Å²) in [5.41, 5.74) is 3.28. The fourth-order valence-electron chi connectivity index (χ4n) is 5.62. The highest BCUT2D eigenvalue weighted by Crippen LogP contribution is 2.61. The second kappa shape index (κ2) is 4.19. The molecule has 0 amide bonds. The van der Waals surface area contributed by atoms with Gasteiger partial charge in [0.2, 0.25) is 0 Å². The van der Waals surface area contributed by atoms with Crippen LogP contribution in [0.1, 0.15) is 45.4 Å². The fourth-order valence-corrected chi connectivity index (χ4v) is 5.62. The van der Waals surface area contributed by atoms with E-state index in [-0.39, 0.29) is 0 Å². The van der Waals surface area contributed by atoms with Crippen LogP contribution in [0.2, 0.25) is 0 Å². The predicted molar refractivity (Wildman–Crippen MR) is 81.1 cm³/mol. The van der Waals surface area contributed by atoms with Gasteiger partial charge in [0.1, 0.15) is 0 Å². The van der Waals surface area contributed by atoms with Gasteiger partial charge < -0.3 is 0 Å². The van der Waals surface area contributed by atoms with Crippen molar-refractivity contribution < 1.29 is 4.79 Å². The number of carbonyl (C=O) groups is 1. The van der Waals surface area contributed by atoms with E-state index in [9.17, 15) is 4.79 Å². The van der Waals surface area contributed by atoms with E-state index in [0.29, 0.717) is 17.1 Å². The molecule has 1 nitrogen and oxygen atoms in total. The number of hydrogen-bond acceptors (Lipinski definition) is 1. The monoisotopic (exact) mass is 268 g/mol. The van der Waals surface area contributed by atoms with Crippen LogP contribution in [0.3, 0.4) is 0 Å². The molecule has 0 saturated heterocycles. The summed E-state index contributed by atoms with van der Waals surface area (Å²) < 4.78 is 0. The lowest BCUT2D eigenvalue weighted by atomic mass is 9.54. The van der Waals surface area contributed by atoms with E-state index in [0.717, 1.165) is 30.6 Å². The van der Waals surface area contributed by atoms with Crippen LogP contribution in [0.25, 0.3) is 0 Å². The number of rotatable bonds is 0. The second-order valence-electron chi connectivity index (χ2n) is 7.79. The Kier molecular flexibility index (Phi) is 2.64. The molecule has 0 heterocycles. The molecular weight excluding hydrogens is 244 g/mol. The summed E-state index contributed by atoms with van der Waals surface area (Å²) in [6, 6.07) is 0. The Balaban J connectivity index is 1.70. The number of fused-ring (bicyclic) bond motifs is 5. The van der Waals surface area contributed by atoms with Crippen molar-refractivity contribution in [2.45, 2.75) is 45.4 Å². The molecule has 4 aliphatic rings. The van der Waals surface area contributed by atoms with Gasteiger partial charge in [-0.3, -0.25) is 4.79 Å². The van der Waals surface area contributed by atoms with Crippen molar-refractivity contribution in [3.05, 3.63) is 36.0 Å². The van der Waals surface area contributed by atoms with Crippen LogP contribution >= 0.6 is 0 Å². The van der Waals surface area contributed by atoms with Crippen LogP contribution in [-0.4, -0.2) is 5.78 Å². The van der Waals surface area contributed by atoms with Crippen molar-refractivity contribution >= 4 is 5.78 Å². The standard InChI is InChI=1S/C19H24O/c1-12-9-18-17-5-3-13-10-14(20)4-6-15(13)16(17)7-8-19(18,2)11-12/h3,5,10,15-18H,1,4,6-9,11H2,2H3/t15-,16+,17+,18-,19+/m0/s1. The Morgan fingerprint density at radius 3 is 3.05 bits per heavy atom. The molecule has 0 N–H and O–H groups in total. The second-order valence-corrected chi connectivity index (χ2v) is 7.79. The Labute approximate surface area is 121 Å². The lowest BCUT2D eigenvalue weighted by Crippen LogP contribution is -2.42. The van der Waals surface area contributed by atoms with Gasteiger partial charge in [-0.1, -0.05) is 31.2 Å². The first-order valence-corrected chi connectivity index (χ1v) is 8.16. The summed E-state index contributed by atoms with van der Waals surface area (Å²) in [5, 5.41) is 0. The minimum absolute atomic E-state index is 0.328. The number of hydrogen-bond donors (Lipinski definition) is 0. The van der Waals surface area contributed by atoms with Crippen molar-refractivity contribution in [3.8, 4) is 0 Å². The lowest BCUT2D eigenvalue weighted by Gasteiger charge is -2.50. The molecule has 2 saturated carbocycles. The Hall–Kier alpha value is -1.11. The van der Waals surface area contributed by atoms with Gasteiger partial charge in [0.05, 0.1) is 0 Å². The van der Waals surface area contributed by atoms with Crippen LogP contribution < -0.4 is 0 Å². The summed E-state index contributed by atoms with van der Waals surface area (Å²) in [5.74, 6) is 3.28. The van der Waals surface area contributed by atoms with Gasteiger partial charge >= 0.3 is 0 Å². The number of carbonyl (C=O) groups excluding carboxylic acids is 1.